The quantitative estimate of drug-likeness (QED) is 0.328. The highest BCUT2D eigenvalue weighted by Crippen LogP contribution is 2.35. The second-order valence-electron chi connectivity index (χ2n) is 7.36. The van der Waals surface area contributed by atoms with E-state index in [1.165, 1.54) is 22.9 Å². The van der Waals surface area contributed by atoms with Gasteiger partial charge in [-0.25, -0.2) is 0 Å². The van der Waals surface area contributed by atoms with Crippen LogP contribution in [-0.4, -0.2) is 21.7 Å². The number of rotatable bonds is 6. The molecule has 0 radical (unpaired) electrons. The maximum Gasteiger partial charge on any atom is 0.266 e. The van der Waals surface area contributed by atoms with Gasteiger partial charge < -0.3 is 4.42 Å². The van der Waals surface area contributed by atoms with Crippen LogP contribution in [0.2, 0.25) is 0 Å². The Bertz CT molecular complexity index is 1080. The second kappa shape index (κ2) is 9.02. The zero-order valence-corrected chi connectivity index (χ0v) is 18.6. The molecule has 0 aliphatic carbocycles. The van der Waals surface area contributed by atoms with Gasteiger partial charge in [0.05, 0.1) is 4.91 Å². The van der Waals surface area contributed by atoms with Crippen molar-refractivity contribution in [3.05, 3.63) is 88.5 Å². The minimum Gasteiger partial charge on any atom is -0.457 e. The van der Waals surface area contributed by atoms with Gasteiger partial charge in [-0.15, -0.1) is 0 Å². The zero-order valence-electron chi connectivity index (χ0n) is 17.0. The first kappa shape index (κ1) is 20.6. The van der Waals surface area contributed by atoms with E-state index >= 15 is 0 Å². The molecular weight excluding hydrogens is 410 g/mol. The van der Waals surface area contributed by atoms with E-state index in [0.29, 0.717) is 21.5 Å². The number of furan rings is 1. The standard InChI is InChI=1S/C25H23NO2S2/c1-3-18-9-11-20(12-10-18)22-14-13-21(28-22)15-23-24(27)26(25(29)30-23)16-17(2)19-7-5-4-6-8-19/h4-15,17H,3,16H2,1-2H3/b23-15-. The van der Waals surface area contributed by atoms with Gasteiger partial charge in [-0.05, 0) is 35.6 Å². The molecule has 3 aromatic rings. The number of carbonyl (C=O) groups is 1. The summed E-state index contributed by atoms with van der Waals surface area (Å²) in [5.74, 6) is 1.59. The molecule has 1 atom stereocenters. The molecule has 2 heterocycles. The van der Waals surface area contributed by atoms with E-state index in [1.54, 1.807) is 11.0 Å². The van der Waals surface area contributed by atoms with Gasteiger partial charge in [0.1, 0.15) is 15.8 Å². The summed E-state index contributed by atoms with van der Waals surface area (Å²) >= 11 is 6.81. The third kappa shape index (κ3) is 4.42. The van der Waals surface area contributed by atoms with Crippen LogP contribution in [0.5, 0.6) is 0 Å². The minimum atomic E-state index is -0.0574. The Kier molecular flexibility index (Phi) is 6.21. The molecule has 1 fully saturated rings. The van der Waals surface area contributed by atoms with E-state index in [4.69, 9.17) is 16.6 Å². The zero-order chi connectivity index (χ0) is 21.1. The van der Waals surface area contributed by atoms with Crippen molar-refractivity contribution in [3.63, 3.8) is 0 Å². The molecular formula is C25H23NO2S2. The average Bonchev–Trinajstić information content (AvgIpc) is 3.35. The minimum absolute atomic E-state index is 0.0574. The van der Waals surface area contributed by atoms with E-state index in [2.05, 4.69) is 50.2 Å². The highest BCUT2D eigenvalue weighted by Gasteiger charge is 2.33. The monoisotopic (exact) mass is 433 g/mol. The molecule has 0 N–H and O–H groups in total. The van der Waals surface area contributed by atoms with Crippen LogP contribution in [0.4, 0.5) is 0 Å². The molecule has 1 aromatic heterocycles. The molecule has 152 valence electrons. The number of benzene rings is 2. The maximum absolute atomic E-state index is 12.9. The van der Waals surface area contributed by atoms with E-state index in [0.717, 1.165) is 17.7 Å². The van der Waals surface area contributed by atoms with Gasteiger partial charge in [-0.3, -0.25) is 9.69 Å². The number of carbonyl (C=O) groups excluding carboxylic acids is 1. The highest BCUT2D eigenvalue weighted by molar-refractivity contribution is 8.26. The van der Waals surface area contributed by atoms with Crippen molar-refractivity contribution in [2.75, 3.05) is 6.54 Å². The molecule has 0 saturated carbocycles. The Hall–Kier alpha value is -2.63. The molecule has 1 saturated heterocycles. The van der Waals surface area contributed by atoms with Gasteiger partial charge in [0.2, 0.25) is 0 Å². The summed E-state index contributed by atoms with van der Waals surface area (Å²) < 4.78 is 6.56. The first-order valence-corrected chi connectivity index (χ1v) is 11.3. The molecule has 1 aliphatic rings. The number of thioether (sulfide) groups is 1. The Labute approximate surface area is 186 Å². The molecule has 2 aromatic carbocycles. The Morgan fingerprint density at radius 2 is 1.80 bits per heavy atom. The molecule has 3 nitrogen and oxygen atoms in total. The van der Waals surface area contributed by atoms with E-state index in [9.17, 15) is 4.79 Å². The molecule has 1 amide bonds. The van der Waals surface area contributed by atoms with Crippen LogP contribution < -0.4 is 0 Å². The van der Waals surface area contributed by atoms with Gasteiger partial charge in [0.15, 0.2) is 0 Å². The fraction of sp³-hybridized carbons (Fsp3) is 0.200. The van der Waals surface area contributed by atoms with Crippen LogP contribution >= 0.6 is 24.0 Å². The lowest BCUT2D eigenvalue weighted by Crippen LogP contribution is -2.31. The molecule has 1 unspecified atom stereocenters. The first-order chi connectivity index (χ1) is 14.5. The van der Waals surface area contributed by atoms with Crippen LogP contribution in [0.25, 0.3) is 17.4 Å². The Morgan fingerprint density at radius 3 is 2.50 bits per heavy atom. The van der Waals surface area contributed by atoms with Crippen molar-refractivity contribution >= 4 is 40.3 Å². The largest absolute Gasteiger partial charge is 0.457 e. The summed E-state index contributed by atoms with van der Waals surface area (Å²) in [7, 11) is 0. The summed E-state index contributed by atoms with van der Waals surface area (Å²) in [5, 5.41) is 0. The van der Waals surface area contributed by atoms with Crippen molar-refractivity contribution in [3.8, 4) is 11.3 Å². The lowest BCUT2D eigenvalue weighted by molar-refractivity contribution is -0.122. The van der Waals surface area contributed by atoms with E-state index < -0.39 is 0 Å². The fourth-order valence-corrected chi connectivity index (χ4v) is 4.69. The van der Waals surface area contributed by atoms with Gasteiger partial charge in [-0.2, -0.15) is 0 Å². The number of aryl methyl sites for hydroxylation is 1. The third-order valence-corrected chi connectivity index (χ3v) is 6.62. The molecule has 30 heavy (non-hydrogen) atoms. The average molecular weight is 434 g/mol. The van der Waals surface area contributed by atoms with Crippen LogP contribution in [0.15, 0.2) is 76.1 Å². The Morgan fingerprint density at radius 1 is 1.07 bits per heavy atom. The molecule has 1 aliphatic heterocycles. The maximum atomic E-state index is 12.9. The summed E-state index contributed by atoms with van der Waals surface area (Å²) in [6.07, 6.45) is 2.80. The normalized spacial score (nSPS) is 16.5. The fourth-order valence-electron chi connectivity index (χ4n) is 3.44. The smallest absolute Gasteiger partial charge is 0.266 e. The Balaban J connectivity index is 1.49. The molecule has 5 heteroatoms. The van der Waals surface area contributed by atoms with Crippen LogP contribution in [0, 0.1) is 0 Å². The summed E-state index contributed by atoms with van der Waals surface area (Å²) in [4.78, 5) is 15.2. The van der Waals surface area contributed by atoms with Gasteiger partial charge in [0, 0.05) is 18.2 Å². The summed E-state index contributed by atoms with van der Waals surface area (Å²) in [6.45, 7) is 4.82. The summed E-state index contributed by atoms with van der Waals surface area (Å²) in [6, 6.07) is 22.3. The predicted octanol–water partition coefficient (Wildman–Crippen LogP) is 6.51. The topological polar surface area (TPSA) is 33.5 Å². The number of thiocarbonyl (C=S) groups is 1. The number of nitrogens with zero attached hydrogens (tertiary/aromatic N) is 1. The molecule has 0 spiro atoms. The van der Waals surface area contributed by atoms with Crippen molar-refractivity contribution in [2.45, 2.75) is 26.2 Å². The van der Waals surface area contributed by atoms with Gasteiger partial charge >= 0.3 is 0 Å². The predicted molar refractivity (Wildman–Crippen MR) is 128 cm³/mol. The highest BCUT2D eigenvalue weighted by atomic mass is 32.2. The first-order valence-electron chi connectivity index (χ1n) is 10.0. The van der Waals surface area contributed by atoms with Crippen LogP contribution in [-0.2, 0) is 11.2 Å². The van der Waals surface area contributed by atoms with Crippen molar-refractivity contribution < 1.29 is 9.21 Å². The molecule has 0 bridgehead atoms. The third-order valence-electron chi connectivity index (χ3n) is 5.25. The van der Waals surface area contributed by atoms with Crippen molar-refractivity contribution in [2.24, 2.45) is 0 Å². The van der Waals surface area contributed by atoms with Gasteiger partial charge in [-0.1, -0.05) is 92.4 Å². The number of hydrogen-bond acceptors (Lipinski definition) is 4. The number of amides is 1. The summed E-state index contributed by atoms with van der Waals surface area (Å²) in [5.41, 5.74) is 3.51. The van der Waals surface area contributed by atoms with Crippen LogP contribution in [0.1, 0.15) is 36.7 Å². The number of hydrogen-bond donors (Lipinski definition) is 0. The SMILES string of the molecule is CCc1ccc(-c2ccc(/C=C3\SC(=S)N(CC(C)c4ccccc4)C3=O)o2)cc1. The van der Waals surface area contributed by atoms with E-state index in [-0.39, 0.29) is 11.8 Å². The molecule has 4 rings (SSSR count). The lowest BCUT2D eigenvalue weighted by Gasteiger charge is -2.20. The van der Waals surface area contributed by atoms with E-state index in [1.807, 2.05) is 30.3 Å². The van der Waals surface area contributed by atoms with Crippen molar-refractivity contribution in [1.82, 2.24) is 4.90 Å². The second-order valence-corrected chi connectivity index (χ2v) is 9.03. The van der Waals surface area contributed by atoms with Crippen molar-refractivity contribution in [1.29, 1.82) is 0 Å². The van der Waals surface area contributed by atoms with Gasteiger partial charge in [0.25, 0.3) is 5.91 Å². The lowest BCUT2D eigenvalue weighted by atomic mass is 10.0. The van der Waals surface area contributed by atoms with Crippen LogP contribution in [0.3, 0.4) is 0 Å².